The minimum Gasteiger partial charge on any atom is -0.354 e. The number of rotatable bonds is 13. The summed E-state index contributed by atoms with van der Waals surface area (Å²) in [5.74, 6) is -0.355. The summed E-state index contributed by atoms with van der Waals surface area (Å²) < 4.78 is 26.1. The lowest BCUT2D eigenvalue weighted by Gasteiger charge is -2.31. The molecule has 0 aliphatic rings. The van der Waals surface area contributed by atoms with E-state index in [0.29, 0.717) is 36.6 Å². The first kappa shape index (κ1) is 28.7. The molecule has 0 fully saturated rings. The van der Waals surface area contributed by atoms with Crippen LogP contribution in [0.1, 0.15) is 50.7 Å². The number of amides is 2. The fraction of sp³-hybridized carbons (Fsp3) is 0.462. The SMILES string of the molecule is CCCNC(=O)C(CC)N(Cc1ccccc1C)C(=O)CCCN(c1ccc(Cl)cc1)S(C)(=O)=O. The molecule has 0 aliphatic carbocycles. The Morgan fingerprint density at radius 2 is 1.71 bits per heavy atom. The van der Waals surface area contributed by atoms with Gasteiger partial charge in [0.15, 0.2) is 0 Å². The number of halogens is 1. The van der Waals surface area contributed by atoms with Gasteiger partial charge in [-0.15, -0.1) is 0 Å². The van der Waals surface area contributed by atoms with E-state index < -0.39 is 16.1 Å². The first-order chi connectivity index (χ1) is 16.6. The predicted octanol–water partition coefficient (Wildman–Crippen LogP) is 4.53. The van der Waals surface area contributed by atoms with Crippen molar-refractivity contribution in [3.63, 3.8) is 0 Å². The number of carbonyl (C=O) groups is 2. The summed E-state index contributed by atoms with van der Waals surface area (Å²) in [6.07, 6.45) is 2.85. The van der Waals surface area contributed by atoms with Gasteiger partial charge in [-0.2, -0.15) is 0 Å². The number of benzene rings is 2. The Morgan fingerprint density at radius 1 is 1.06 bits per heavy atom. The lowest BCUT2D eigenvalue weighted by Crippen LogP contribution is -2.49. The molecule has 9 heteroatoms. The molecule has 0 aliphatic heterocycles. The van der Waals surface area contributed by atoms with Crippen LogP contribution in [-0.4, -0.2) is 50.5 Å². The fourth-order valence-electron chi connectivity index (χ4n) is 3.87. The van der Waals surface area contributed by atoms with Crippen LogP contribution in [0.3, 0.4) is 0 Å². The van der Waals surface area contributed by atoms with E-state index in [9.17, 15) is 18.0 Å². The van der Waals surface area contributed by atoms with Crippen molar-refractivity contribution in [2.24, 2.45) is 0 Å². The molecule has 35 heavy (non-hydrogen) atoms. The molecule has 1 N–H and O–H groups in total. The molecule has 0 saturated carbocycles. The van der Waals surface area contributed by atoms with E-state index in [-0.39, 0.29) is 24.8 Å². The molecular formula is C26H36ClN3O4S. The molecule has 0 heterocycles. The maximum Gasteiger partial charge on any atom is 0.242 e. The Balaban J connectivity index is 2.20. The topological polar surface area (TPSA) is 86.8 Å². The van der Waals surface area contributed by atoms with E-state index in [1.54, 1.807) is 29.2 Å². The van der Waals surface area contributed by atoms with Gasteiger partial charge in [-0.1, -0.05) is 49.7 Å². The fourth-order valence-corrected chi connectivity index (χ4v) is 4.96. The Morgan fingerprint density at radius 3 is 2.29 bits per heavy atom. The number of hydrogen-bond acceptors (Lipinski definition) is 4. The van der Waals surface area contributed by atoms with E-state index in [2.05, 4.69) is 5.32 Å². The van der Waals surface area contributed by atoms with Gasteiger partial charge >= 0.3 is 0 Å². The van der Waals surface area contributed by atoms with Gasteiger partial charge in [-0.25, -0.2) is 8.42 Å². The Hall–Kier alpha value is -2.58. The minimum atomic E-state index is -3.55. The van der Waals surface area contributed by atoms with Crippen molar-refractivity contribution >= 4 is 39.1 Å². The van der Waals surface area contributed by atoms with Gasteiger partial charge in [0.2, 0.25) is 21.8 Å². The van der Waals surface area contributed by atoms with Crippen LogP contribution in [0.4, 0.5) is 5.69 Å². The number of carbonyl (C=O) groups excluding carboxylic acids is 2. The molecule has 0 saturated heterocycles. The van der Waals surface area contributed by atoms with Gasteiger partial charge in [0, 0.05) is 31.1 Å². The third-order valence-electron chi connectivity index (χ3n) is 5.80. The number of hydrogen-bond donors (Lipinski definition) is 1. The van der Waals surface area contributed by atoms with Gasteiger partial charge in [-0.05, 0) is 61.6 Å². The minimum absolute atomic E-state index is 0.114. The molecule has 1 unspecified atom stereocenters. The van der Waals surface area contributed by atoms with Crippen molar-refractivity contribution in [3.8, 4) is 0 Å². The number of aryl methyl sites for hydroxylation is 1. The average Bonchev–Trinajstić information content (AvgIpc) is 2.81. The number of nitrogens with one attached hydrogen (secondary N) is 1. The first-order valence-corrected chi connectivity index (χ1v) is 14.2. The zero-order chi connectivity index (χ0) is 26.0. The third-order valence-corrected chi connectivity index (χ3v) is 7.25. The Labute approximate surface area is 214 Å². The summed E-state index contributed by atoms with van der Waals surface area (Å²) >= 11 is 5.94. The van der Waals surface area contributed by atoms with Crippen molar-refractivity contribution in [1.29, 1.82) is 0 Å². The Bertz CT molecular complexity index is 1090. The van der Waals surface area contributed by atoms with E-state index in [1.807, 2.05) is 45.0 Å². The van der Waals surface area contributed by atoms with Crippen LogP contribution in [0.15, 0.2) is 48.5 Å². The summed E-state index contributed by atoms with van der Waals surface area (Å²) in [7, 11) is -3.55. The summed E-state index contributed by atoms with van der Waals surface area (Å²) in [4.78, 5) is 27.9. The van der Waals surface area contributed by atoms with Crippen molar-refractivity contribution < 1.29 is 18.0 Å². The van der Waals surface area contributed by atoms with Crippen molar-refractivity contribution in [1.82, 2.24) is 10.2 Å². The highest BCUT2D eigenvalue weighted by atomic mass is 35.5. The molecule has 0 radical (unpaired) electrons. The van der Waals surface area contributed by atoms with Gasteiger partial charge in [0.05, 0.1) is 11.9 Å². The van der Waals surface area contributed by atoms with Crippen molar-refractivity contribution in [2.75, 3.05) is 23.7 Å². The number of anilines is 1. The van der Waals surface area contributed by atoms with Crippen LogP contribution < -0.4 is 9.62 Å². The van der Waals surface area contributed by atoms with Crippen LogP contribution in [0.25, 0.3) is 0 Å². The van der Waals surface area contributed by atoms with Crippen molar-refractivity contribution in [2.45, 2.75) is 59.0 Å². The molecule has 1 atom stereocenters. The van der Waals surface area contributed by atoms with Crippen LogP contribution in [0.5, 0.6) is 0 Å². The van der Waals surface area contributed by atoms with Gasteiger partial charge < -0.3 is 10.2 Å². The zero-order valence-electron chi connectivity index (χ0n) is 21.0. The molecule has 2 aromatic rings. The molecule has 0 spiro atoms. The quantitative estimate of drug-likeness (QED) is 0.419. The average molecular weight is 522 g/mol. The molecule has 7 nitrogen and oxygen atoms in total. The van der Waals surface area contributed by atoms with Crippen LogP contribution >= 0.6 is 11.6 Å². The maximum atomic E-state index is 13.4. The summed E-state index contributed by atoms with van der Waals surface area (Å²) in [5, 5.41) is 3.42. The van der Waals surface area contributed by atoms with E-state index in [4.69, 9.17) is 11.6 Å². The van der Waals surface area contributed by atoms with Gasteiger partial charge in [0.1, 0.15) is 6.04 Å². The monoisotopic (exact) mass is 521 g/mol. The molecule has 0 aromatic heterocycles. The number of nitrogens with zero attached hydrogens (tertiary/aromatic N) is 2. The zero-order valence-corrected chi connectivity index (χ0v) is 22.5. The predicted molar refractivity (Wildman–Crippen MR) is 142 cm³/mol. The third kappa shape index (κ3) is 8.54. The van der Waals surface area contributed by atoms with Crippen molar-refractivity contribution in [3.05, 3.63) is 64.7 Å². The molecule has 192 valence electrons. The van der Waals surface area contributed by atoms with Crippen LogP contribution in [0.2, 0.25) is 5.02 Å². The highest BCUT2D eigenvalue weighted by Gasteiger charge is 2.29. The molecule has 2 rings (SSSR count). The van der Waals surface area contributed by atoms with E-state index in [0.717, 1.165) is 23.8 Å². The van der Waals surface area contributed by atoms with Gasteiger partial charge in [0.25, 0.3) is 0 Å². The second-order valence-electron chi connectivity index (χ2n) is 8.58. The molecule has 2 amide bonds. The Kier molecular flexibility index (Phi) is 11.0. The summed E-state index contributed by atoms with van der Waals surface area (Å²) in [5.41, 5.74) is 2.51. The molecule has 2 aromatic carbocycles. The molecular weight excluding hydrogens is 486 g/mol. The van der Waals surface area contributed by atoms with E-state index in [1.165, 1.54) is 4.31 Å². The maximum absolute atomic E-state index is 13.4. The van der Waals surface area contributed by atoms with Crippen LogP contribution in [-0.2, 0) is 26.2 Å². The second kappa shape index (κ2) is 13.5. The number of sulfonamides is 1. The lowest BCUT2D eigenvalue weighted by atomic mass is 10.1. The van der Waals surface area contributed by atoms with Crippen LogP contribution in [0, 0.1) is 6.92 Å². The second-order valence-corrected chi connectivity index (χ2v) is 10.9. The lowest BCUT2D eigenvalue weighted by molar-refractivity contribution is -0.141. The summed E-state index contributed by atoms with van der Waals surface area (Å²) in [6, 6.07) is 13.7. The van der Waals surface area contributed by atoms with E-state index >= 15 is 0 Å². The largest absolute Gasteiger partial charge is 0.354 e. The molecule has 0 bridgehead atoms. The first-order valence-electron chi connectivity index (χ1n) is 11.9. The summed E-state index contributed by atoms with van der Waals surface area (Å²) in [6.45, 7) is 6.85. The van der Waals surface area contributed by atoms with Gasteiger partial charge in [-0.3, -0.25) is 13.9 Å². The smallest absolute Gasteiger partial charge is 0.242 e. The standard InChI is InChI=1S/C26H36ClN3O4S/c1-5-17-28-26(32)24(6-2)29(19-21-11-8-7-10-20(21)3)25(31)12-9-18-30(35(4,33)34)23-15-13-22(27)14-16-23/h7-8,10-11,13-16,24H,5-6,9,12,17-19H2,1-4H3,(H,28,32). The highest BCUT2D eigenvalue weighted by Crippen LogP contribution is 2.22. The normalized spacial score (nSPS) is 12.1. The highest BCUT2D eigenvalue weighted by molar-refractivity contribution is 7.92.